The van der Waals surface area contributed by atoms with Crippen LogP contribution in [0.4, 0.5) is 0 Å². The van der Waals surface area contributed by atoms with Crippen LogP contribution in [0.2, 0.25) is 0 Å². The lowest BCUT2D eigenvalue weighted by molar-refractivity contribution is -0.147. The highest BCUT2D eigenvalue weighted by molar-refractivity contribution is 7.49. The molecule has 0 saturated heterocycles. The van der Waals surface area contributed by atoms with Crippen LogP contribution in [0, 0.1) is 0 Å². The molecule has 0 aromatic heterocycles. The van der Waals surface area contributed by atoms with E-state index < -0.39 is 26.4 Å². The Morgan fingerprint density at radius 1 is 1.67 bits per heavy atom. The molecule has 0 rings (SSSR count). The van der Waals surface area contributed by atoms with Crippen molar-refractivity contribution in [2.75, 3.05) is 6.61 Å². The summed E-state index contributed by atoms with van der Waals surface area (Å²) in [6, 6.07) is -1.52. The molecule has 0 aliphatic heterocycles. The van der Waals surface area contributed by atoms with Crippen molar-refractivity contribution in [3.63, 3.8) is 0 Å². The number of hydrogen-bond acceptors (Lipinski definition) is 5. The molecule has 0 saturated carbocycles. The largest absolute Gasteiger partial charge is 0.401 e. The molecule has 0 aliphatic rings. The highest BCUT2D eigenvalue weighted by Gasteiger charge is 2.26. The first-order valence-corrected chi connectivity index (χ1v) is 4.36. The number of hydrogen-bond donors (Lipinski definition) is 5. The van der Waals surface area contributed by atoms with Crippen molar-refractivity contribution in [3.05, 3.63) is 0 Å². The summed E-state index contributed by atoms with van der Waals surface area (Å²) in [6.07, 6.45) is 0. The summed E-state index contributed by atoms with van der Waals surface area (Å²) in [7, 11) is -4.57. The molecule has 0 radical (unpaired) electrons. The molecule has 1 atom stereocenters. The zero-order chi connectivity index (χ0) is 9.78. The molecular formula is C3H9N2O6P. The maximum atomic E-state index is 10.5. The Kier molecular flexibility index (Phi) is 4.32. The van der Waals surface area contributed by atoms with E-state index in [9.17, 15) is 9.36 Å². The third-order valence-electron chi connectivity index (χ3n) is 0.907. The van der Waals surface area contributed by atoms with Gasteiger partial charge in [0, 0.05) is 0 Å². The maximum absolute atomic E-state index is 10.5. The Bertz CT molecular complexity index is 201. The summed E-state index contributed by atoms with van der Waals surface area (Å²) in [5, 5.41) is 9.95. The molecule has 0 heterocycles. The van der Waals surface area contributed by atoms with Gasteiger partial charge in [0.15, 0.2) is 0 Å². The van der Waals surface area contributed by atoms with E-state index in [-0.39, 0.29) is 0 Å². The number of carbonyl (C=O) groups is 1. The smallest absolute Gasteiger partial charge is 0.394 e. The molecule has 72 valence electrons. The molecule has 0 aromatic rings. The van der Waals surface area contributed by atoms with E-state index in [1.165, 1.54) is 5.09 Å². The molecule has 0 bridgehead atoms. The minimum absolute atomic E-state index is 0.818. The van der Waals surface area contributed by atoms with Crippen LogP contribution in [-0.4, -0.2) is 33.5 Å². The fraction of sp³-hybridized carbons (Fsp3) is 0.667. The predicted octanol–water partition coefficient (Wildman–Crippen LogP) is -2.55. The lowest BCUT2D eigenvalue weighted by atomic mass is 10.3. The second-order valence-electron chi connectivity index (χ2n) is 1.85. The average molecular weight is 200 g/mol. The molecule has 0 aromatic carbocycles. The summed E-state index contributed by atoms with van der Waals surface area (Å²) in [5.74, 6) is 3.26. The Balaban J connectivity index is 4.19. The first-order chi connectivity index (χ1) is 5.40. The first kappa shape index (κ1) is 11.5. The average Bonchev–Trinajstić information content (AvgIpc) is 1.97. The Morgan fingerprint density at radius 2 is 2.17 bits per heavy atom. The van der Waals surface area contributed by atoms with Crippen LogP contribution in [0.5, 0.6) is 0 Å². The zero-order valence-electron chi connectivity index (χ0n) is 5.88. The predicted molar refractivity (Wildman–Crippen MR) is 36.3 cm³/mol. The van der Waals surface area contributed by atoms with E-state index in [0.717, 1.165) is 0 Å². The number of aliphatic hydroxyl groups excluding tert-OH is 1. The SMILES string of the molecule is NOC(=O)C(CO)NP(=O)(O)O. The molecule has 0 spiro atoms. The summed E-state index contributed by atoms with van der Waals surface area (Å²) in [6.45, 7) is -0.818. The third kappa shape index (κ3) is 4.39. The minimum Gasteiger partial charge on any atom is -0.394 e. The quantitative estimate of drug-likeness (QED) is 0.246. The number of nitrogens with one attached hydrogen (secondary N) is 1. The van der Waals surface area contributed by atoms with Gasteiger partial charge in [0.1, 0.15) is 6.04 Å². The third-order valence-corrected chi connectivity index (χ3v) is 1.56. The molecular weight excluding hydrogens is 191 g/mol. The standard InChI is InChI=1S/C3H9N2O6P/c4-11-3(7)2(1-6)5-12(8,9)10/h2,6H,1,4H2,(H3,5,8,9,10). The van der Waals surface area contributed by atoms with E-state index in [4.69, 9.17) is 14.9 Å². The molecule has 12 heavy (non-hydrogen) atoms. The van der Waals surface area contributed by atoms with Gasteiger partial charge in [-0.05, 0) is 0 Å². The van der Waals surface area contributed by atoms with Crippen LogP contribution in [0.15, 0.2) is 0 Å². The van der Waals surface area contributed by atoms with E-state index in [0.29, 0.717) is 0 Å². The molecule has 0 amide bonds. The van der Waals surface area contributed by atoms with Crippen molar-refractivity contribution in [1.82, 2.24) is 5.09 Å². The summed E-state index contributed by atoms with van der Waals surface area (Å²) in [4.78, 5) is 30.8. The van der Waals surface area contributed by atoms with Gasteiger partial charge in [-0.3, -0.25) is 0 Å². The summed E-state index contributed by atoms with van der Waals surface area (Å²) >= 11 is 0. The van der Waals surface area contributed by atoms with Crippen molar-refractivity contribution in [1.29, 1.82) is 0 Å². The molecule has 8 nitrogen and oxygen atoms in total. The second-order valence-corrected chi connectivity index (χ2v) is 3.19. The van der Waals surface area contributed by atoms with Gasteiger partial charge in [-0.2, -0.15) is 5.90 Å². The lowest BCUT2D eigenvalue weighted by Gasteiger charge is -2.13. The van der Waals surface area contributed by atoms with Crippen molar-refractivity contribution in [3.8, 4) is 0 Å². The van der Waals surface area contributed by atoms with Crippen LogP contribution < -0.4 is 11.0 Å². The molecule has 0 fully saturated rings. The molecule has 9 heteroatoms. The van der Waals surface area contributed by atoms with Crippen LogP contribution >= 0.6 is 7.75 Å². The summed E-state index contributed by atoms with van der Waals surface area (Å²) < 4.78 is 10.2. The van der Waals surface area contributed by atoms with E-state index in [1.807, 2.05) is 0 Å². The van der Waals surface area contributed by atoms with Crippen molar-refractivity contribution in [2.24, 2.45) is 5.90 Å². The van der Waals surface area contributed by atoms with Gasteiger partial charge in [0.25, 0.3) is 0 Å². The highest BCUT2D eigenvalue weighted by atomic mass is 31.2. The normalized spacial score (nSPS) is 14.0. The molecule has 6 N–H and O–H groups in total. The van der Waals surface area contributed by atoms with E-state index in [1.54, 1.807) is 0 Å². The van der Waals surface area contributed by atoms with Gasteiger partial charge >= 0.3 is 13.7 Å². The van der Waals surface area contributed by atoms with Crippen LogP contribution in [0.1, 0.15) is 0 Å². The van der Waals surface area contributed by atoms with Crippen molar-refractivity contribution in [2.45, 2.75) is 6.04 Å². The number of carbonyl (C=O) groups excluding carboxylic acids is 1. The van der Waals surface area contributed by atoms with Gasteiger partial charge in [-0.15, -0.1) is 0 Å². The minimum atomic E-state index is -4.57. The van der Waals surface area contributed by atoms with E-state index in [2.05, 4.69) is 10.7 Å². The Hall–Kier alpha value is -0.500. The summed E-state index contributed by atoms with van der Waals surface area (Å²) in [5.41, 5.74) is 0. The van der Waals surface area contributed by atoms with Crippen LogP contribution in [0.3, 0.4) is 0 Å². The number of aliphatic hydroxyl groups is 1. The van der Waals surface area contributed by atoms with Gasteiger partial charge in [0.2, 0.25) is 0 Å². The Labute approximate surface area is 67.5 Å². The Morgan fingerprint density at radius 3 is 2.42 bits per heavy atom. The van der Waals surface area contributed by atoms with Gasteiger partial charge in [-0.1, -0.05) is 0 Å². The van der Waals surface area contributed by atoms with Crippen molar-refractivity contribution >= 4 is 13.7 Å². The van der Waals surface area contributed by atoms with Gasteiger partial charge < -0.3 is 19.7 Å². The van der Waals surface area contributed by atoms with E-state index >= 15 is 0 Å². The molecule has 0 aliphatic carbocycles. The van der Waals surface area contributed by atoms with Crippen LogP contribution in [-0.2, 0) is 14.2 Å². The number of rotatable bonds is 4. The van der Waals surface area contributed by atoms with Crippen molar-refractivity contribution < 1.29 is 29.1 Å². The molecule has 1 unspecified atom stereocenters. The van der Waals surface area contributed by atoms with Gasteiger partial charge in [0.05, 0.1) is 6.61 Å². The maximum Gasteiger partial charge on any atom is 0.401 e. The zero-order valence-corrected chi connectivity index (χ0v) is 6.77. The first-order valence-electron chi connectivity index (χ1n) is 2.75. The lowest BCUT2D eigenvalue weighted by Crippen LogP contribution is -2.40. The second kappa shape index (κ2) is 4.51. The van der Waals surface area contributed by atoms with Crippen LogP contribution in [0.25, 0.3) is 0 Å². The fourth-order valence-electron chi connectivity index (χ4n) is 0.453. The van der Waals surface area contributed by atoms with Gasteiger partial charge in [-0.25, -0.2) is 14.4 Å². The fourth-order valence-corrected chi connectivity index (χ4v) is 1.05. The number of nitrogens with two attached hydrogens (primary N) is 1. The topological polar surface area (TPSA) is 142 Å². The highest BCUT2D eigenvalue weighted by Crippen LogP contribution is 2.28. The monoisotopic (exact) mass is 200 g/mol.